The zero-order valence-corrected chi connectivity index (χ0v) is 12.1. The molecule has 1 N–H and O–H groups in total. The first-order valence-electron chi connectivity index (χ1n) is 7.13. The Labute approximate surface area is 124 Å². The van der Waals surface area contributed by atoms with Crippen LogP contribution in [0.25, 0.3) is 0 Å². The van der Waals surface area contributed by atoms with E-state index < -0.39 is 0 Å². The summed E-state index contributed by atoms with van der Waals surface area (Å²) in [5.74, 6) is 0.742. The van der Waals surface area contributed by atoms with Crippen LogP contribution in [0.4, 0.5) is 0 Å². The number of hydrogen-bond acceptors (Lipinski definition) is 3. The van der Waals surface area contributed by atoms with E-state index in [4.69, 9.17) is 16.3 Å². The van der Waals surface area contributed by atoms with Gasteiger partial charge in [-0.25, -0.2) is 0 Å². The highest BCUT2D eigenvalue weighted by molar-refractivity contribution is 6.30. The maximum absolute atomic E-state index is 12.2. The number of ether oxygens (including phenoxy) is 1. The van der Waals surface area contributed by atoms with Gasteiger partial charge in [-0.3, -0.25) is 4.79 Å². The van der Waals surface area contributed by atoms with Gasteiger partial charge in [-0.15, -0.1) is 0 Å². The highest BCUT2D eigenvalue weighted by Gasteiger charge is 2.31. The third-order valence-electron chi connectivity index (χ3n) is 4.05. The number of rotatable bonds is 3. The molecular weight excluding hydrogens is 276 g/mol. The van der Waals surface area contributed by atoms with Crippen LogP contribution < -0.4 is 10.1 Å². The summed E-state index contributed by atoms with van der Waals surface area (Å²) in [4.78, 5) is 14.1. The van der Waals surface area contributed by atoms with Gasteiger partial charge < -0.3 is 15.0 Å². The molecule has 1 aromatic rings. The van der Waals surface area contributed by atoms with Crippen molar-refractivity contribution in [1.82, 2.24) is 10.2 Å². The smallest absolute Gasteiger partial charge is 0.260 e. The zero-order chi connectivity index (χ0) is 13.9. The molecule has 5 heteroatoms. The fraction of sp³-hybridized carbons (Fsp3) is 0.533. The molecule has 2 bridgehead atoms. The Morgan fingerprint density at radius 3 is 2.80 bits per heavy atom. The van der Waals surface area contributed by atoms with E-state index >= 15 is 0 Å². The Morgan fingerprint density at radius 1 is 1.25 bits per heavy atom. The summed E-state index contributed by atoms with van der Waals surface area (Å²) in [5.41, 5.74) is 0. The molecule has 0 spiro atoms. The molecule has 2 atom stereocenters. The van der Waals surface area contributed by atoms with E-state index in [0.29, 0.717) is 22.9 Å². The molecule has 20 heavy (non-hydrogen) atoms. The predicted molar refractivity (Wildman–Crippen MR) is 78.1 cm³/mol. The molecule has 0 saturated carbocycles. The number of benzene rings is 1. The zero-order valence-electron chi connectivity index (χ0n) is 11.3. The van der Waals surface area contributed by atoms with Crippen molar-refractivity contribution >= 4 is 17.5 Å². The maximum atomic E-state index is 12.2. The Balaban J connectivity index is 1.52. The summed E-state index contributed by atoms with van der Waals surface area (Å²) in [6.07, 6.45) is 3.46. The average molecular weight is 295 g/mol. The van der Waals surface area contributed by atoms with Gasteiger partial charge in [0.1, 0.15) is 5.75 Å². The first kappa shape index (κ1) is 13.7. The van der Waals surface area contributed by atoms with Crippen LogP contribution in [0.5, 0.6) is 5.75 Å². The van der Waals surface area contributed by atoms with Crippen LogP contribution in [0.3, 0.4) is 0 Å². The van der Waals surface area contributed by atoms with Crippen molar-refractivity contribution in [1.29, 1.82) is 0 Å². The molecule has 0 aliphatic carbocycles. The summed E-state index contributed by atoms with van der Waals surface area (Å²) < 4.78 is 5.53. The topological polar surface area (TPSA) is 41.6 Å². The molecule has 3 rings (SSSR count). The third-order valence-corrected chi connectivity index (χ3v) is 4.30. The second-order valence-corrected chi connectivity index (χ2v) is 5.95. The largest absolute Gasteiger partial charge is 0.484 e. The van der Waals surface area contributed by atoms with E-state index in [0.717, 1.165) is 19.5 Å². The standard InChI is InChI=1S/C15H19ClN2O2/c16-11-1-5-14(6-2-11)20-10-15(19)18-8-7-12-3-4-13(9-18)17-12/h1-2,5-6,12-13,17H,3-4,7-10H2. The lowest BCUT2D eigenvalue weighted by Crippen LogP contribution is -2.41. The number of halogens is 1. The molecule has 2 aliphatic heterocycles. The van der Waals surface area contributed by atoms with Crippen molar-refractivity contribution in [3.05, 3.63) is 29.3 Å². The minimum Gasteiger partial charge on any atom is -0.484 e. The number of nitrogens with one attached hydrogen (secondary N) is 1. The summed E-state index contributed by atoms with van der Waals surface area (Å²) in [6, 6.07) is 8.13. The fourth-order valence-corrected chi connectivity index (χ4v) is 3.06. The first-order chi connectivity index (χ1) is 9.70. The average Bonchev–Trinajstić information content (AvgIpc) is 2.77. The number of hydrogen-bond donors (Lipinski definition) is 1. The van der Waals surface area contributed by atoms with E-state index in [1.54, 1.807) is 24.3 Å². The SMILES string of the molecule is O=C(COc1ccc(Cl)cc1)N1CCC2CCC(C1)N2. The monoisotopic (exact) mass is 294 g/mol. The van der Waals surface area contributed by atoms with Gasteiger partial charge in [0.05, 0.1) is 0 Å². The number of carbonyl (C=O) groups excluding carboxylic acids is 1. The normalized spacial score (nSPS) is 25.4. The van der Waals surface area contributed by atoms with Crippen molar-refractivity contribution in [2.45, 2.75) is 31.3 Å². The highest BCUT2D eigenvalue weighted by atomic mass is 35.5. The van der Waals surface area contributed by atoms with E-state index in [-0.39, 0.29) is 12.5 Å². The summed E-state index contributed by atoms with van der Waals surface area (Å²) >= 11 is 5.81. The van der Waals surface area contributed by atoms with Gasteiger partial charge in [-0.1, -0.05) is 11.6 Å². The molecule has 4 nitrogen and oxygen atoms in total. The van der Waals surface area contributed by atoms with Crippen molar-refractivity contribution in [3.63, 3.8) is 0 Å². The van der Waals surface area contributed by atoms with Crippen LogP contribution in [-0.4, -0.2) is 42.6 Å². The van der Waals surface area contributed by atoms with Crippen molar-refractivity contribution in [3.8, 4) is 5.75 Å². The van der Waals surface area contributed by atoms with Crippen LogP contribution in [0, 0.1) is 0 Å². The number of fused-ring (bicyclic) bond motifs is 2. The molecule has 2 unspecified atom stereocenters. The minimum atomic E-state index is 0.0642. The molecule has 108 valence electrons. The van der Waals surface area contributed by atoms with Crippen LogP contribution >= 0.6 is 11.6 Å². The molecule has 2 saturated heterocycles. The quantitative estimate of drug-likeness (QED) is 0.928. The van der Waals surface area contributed by atoms with E-state index in [9.17, 15) is 4.79 Å². The summed E-state index contributed by atoms with van der Waals surface area (Å²) in [7, 11) is 0. The van der Waals surface area contributed by atoms with Gasteiger partial charge in [0, 0.05) is 30.2 Å². The van der Waals surface area contributed by atoms with Gasteiger partial charge in [0.25, 0.3) is 5.91 Å². The van der Waals surface area contributed by atoms with Gasteiger partial charge in [-0.05, 0) is 43.5 Å². The molecule has 2 heterocycles. The maximum Gasteiger partial charge on any atom is 0.260 e. The molecule has 2 fully saturated rings. The minimum absolute atomic E-state index is 0.0642. The van der Waals surface area contributed by atoms with Crippen LogP contribution in [0.1, 0.15) is 19.3 Å². The Bertz CT molecular complexity index is 477. The Morgan fingerprint density at radius 2 is 2.00 bits per heavy atom. The van der Waals surface area contributed by atoms with Gasteiger partial charge in [-0.2, -0.15) is 0 Å². The predicted octanol–water partition coefficient (Wildman–Crippen LogP) is 2.07. The van der Waals surface area contributed by atoms with Crippen LogP contribution in [0.2, 0.25) is 5.02 Å². The second-order valence-electron chi connectivity index (χ2n) is 5.51. The molecule has 1 amide bonds. The van der Waals surface area contributed by atoms with Crippen molar-refractivity contribution < 1.29 is 9.53 Å². The lowest BCUT2D eigenvalue weighted by Gasteiger charge is -2.24. The number of likely N-dealkylation sites (tertiary alicyclic amines) is 1. The number of amides is 1. The van der Waals surface area contributed by atoms with Gasteiger partial charge in [0.2, 0.25) is 0 Å². The number of carbonyl (C=O) groups is 1. The van der Waals surface area contributed by atoms with Crippen LogP contribution in [0.15, 0.2) is 24.3 Å². The van der Waals surface area contributed by atoms with Crippen LogP contribution in [-0.2, 0) is 4.79 Å². The van der Waals surface area contributed by atoms with Crippen molar-refractivity contribution in [2.75, 3.05) is 19.7 Å². The Kier molecular flexibility index (Phi) is 4.13. The first-order valence-corrected chi connectivity index (χ1v) is 7.51. The van der Waals surface area contributed by atoms with Gasteiger partial charge in [0.15, 0.2) is 6.61 Å². The van der Waals surface area contributed by atoms with E-state index in [1.165, 1.54) is 12.8 Å². The molecular formula is C15H19ClN2O2. The van der Waals surface area contributed by atoms with Crippen molar-refractivity contribution in [2.24, 2.45) is 0 Å². The summed E-state index contributed by atoms with van der Waals surface area (Å²) in [5, 5.41) is 4.23. The van der Waals surface area contributed by atoms with E-state index in [2.05, 4.69) is 5.32 Å². The van der Waals surface area contributed by atoms with E-state index in [1.807, 2.05) is 4.90 Å². The molecule has 0 radical (unpaired) electrons. The molecule has 0 aromatic heterocycles. The lowest BCUT2D eigenvalue weighted by atomic mass is 10.1. The fourth-order valence-electron chi connectivity index (χ4n) is 2.94. The summed E-state index contributed by atoms with van der Waals surface area (Å²) in [6.45, 7) is 1.73. The Hall–Kier alpha value is -1.26. The molecule has 1 aromatic carbocycles. The number of nitrogens with zero attached hydrogens (tertiary/aromatic N) is 1. The van der Waals surface area contributed by atoms with Gasteiger partial charge >= 0.3 is 0 Å². The lowest BCUT2D eigenvalue weighted by molar-refractivity contribution is -0.133. The second kappa shape index (κ2) is 6.02. The highest BCUT2D eigenvalue weighted by Crippen LogP contribution is 2.21. The third kappa shape index (κ3) is 3.25. The molecule has 2 aliphatic rings.